The van der Waals surface area contributed by atoms with E-state index in [4.69, 9.17) is 0 Å². The summed E-state index contributed by atoms with van der Waals surface area (Å²) in [6, 6.07) is 10.5. The van der Waals surface area contributed by atoms with Crippen LogP contribution < -0.4 is 5.32 Å². The van der Waals surface area contributed by atoms with Gasteiger partial charge in [0.1, 0.15) is 0 Å². The van der Waals surface area contributed by atoms with Crippen molar-refractivity contribution in [3.8, 4) is 11.4 Å². The molecule has 0 spiro atoms. The van der Waals surface area contributed by atoms with Gasteiger partial charge in [-0.05, 0) is 62.1 Å². The van der Waals surface area contributed by atoms with E-state index in [9.17, 15) is 13.2 Å². The van der Waals surface area contributed by atoms with Crippen LogP contribution in [0.3, 0.4) is 0 Å². The number of amides is 1. The number of hydrogen-bond acceptors (Lipinski definition) is 7. The second kappa shape index (κ2) is 9.24. The molecule has 1 aromatic carbocycles. The highest BCUT2D eigenvalue weighted by atomic mass is 32.2. The molecular formula is C22H24N6O3S2. The second-order valence-electron chi connectivity index (χ2n) is 8.12. The molecule has 5 rings (SSSR count). The van der Waals surface area contributed by atoms with E-state index >= 15 is 0 Å². The number of rotatable bonds is 8. The molecular weight excluding hydrogens is 460 g/mol. The number of sulfonamides is 1. The molecule has 0 atom stereocenters. The SMILES string of the molecule is O=C(CSc1nnc(-c2cccnc2)n1C1CC1)Nc1ccc(S(=O)(=O)N2CCCC2)cc1. The van der Waals surface area contributed by atoms with Crippen molar-refractivity contribution in [2.45, 2.75) is 41.8 Å². The predicted molar refractivity (Wildman–Crippen MR) is 125 cm³/mol. The van der Waals surface area contributed by atoms with Crippen molar-refractivity contribution >= 4 is 33.4 Å². The van der Waals surface area contributed by atoms with Crippen LogP contribution in [0.4, 0.5) is 5.69 Å². The first-order chi connectivity index (χ1) is 16.0. The molecule has 1 aliphatic heterocycles. The van der Waals surface area contributed by atoms with E-state index in [1.807, 2.05) is 12.1 Å². The second-order valence-corrected chi connectivity index (χ2v) is 11.0. The molecule has 1 N–H and O–H groups in total. The molecule has 1 amide bonds. The van der Waals surface area contributed by atoms with Crippen molar-refractivity contribution in [1.82, 2.24) is 24.1 Å². The minimum absolute atomic E-state index is 0.172. The molecule has 1 saturated carbocycles. The van der Waals surface area contributed by atoms with Gasteiger partial charge in [0.2, 0.25) is 15.9 Å². The Morgan fingerprint density at radius 3 is 2.52 bits per heavy atom. The molecule has 2 aliphatic rings. The molecule has 2 fully saturated rings. The van der Waals surface area contributed by atoms with Crippen molar-refractivity contribution in [3.05, 3.63) is 48.8 Å². The van der Waals surface area contributed by atoms with Gasteiger partial charge < -0.3 is 5.32 Å². The van der Waals surface area contributed by atoms with Crippen LogP contribution in [-0.2, 0) is 14.8 Å². The Kier molecular flexibility index (Phi) is 6.17. The van der Waals surface area contributed by atoms with E-state index in [1.165, 1.54) is 16.1 Å². The zero-order chi connectivity index (χ0) is 22.8. The molecule has 3 heterocycles. The van der Waals surface area contributed by atoms with Gasteiger partial charge >= 0.3 is 0 Å². The van der Waals surface area contributed by atoms with E-state index in [0.29, 0.717) is 30.0 Å². The largest absolute Gasteiger partial charge is 0.325 e. The normalized spacial score (nSPS) is 16.7. The Bertz CT molecular complexity index is 1230. The lowest BCUT2D eigenvalue weighted by atomic mass is 10.3. The number of benzene rings is 1. The van der Waals surface area contributed by atoms with E-state index in [1.54, 1.807) is 36.7 Å². The van der Waals surface area contributed by atoms with Gasteiger partial charge in [0, 0.05) is 42.8 Å². The first kappa shape index (κ1) is 22.1. The van der Waals surface area contributed by atoms with Crippen LogP contribution in [0.2, 0.25) is 0 Å². The molecule has 172 valence electrons. The van der Waals surface area contributed by atoms with Crippen molar-refractivity contribution in [2.24, 2.45) is 0 Å². The number of nitrogens with one attached hydrogen (secondary N) is 1. The fourth-order valence-corrected chi connectivity index (χ4v) is 6.17. The Hall–Kier alpha value is -2.76. The maximum absolute atomic E-state index is 12.6. The van der Waals surface area contributed by atoms with Gasteiger partial charge in [0.15, 0.2) is 11.0 Å². The summed E-state index contributed by atoms with van der Waals surface area (Å²) in [7, 11) is -3.46. The van der Waals surface area contributed by atoms with Crippen LogP contribution in [-0.4, -0.2) is 57.2 Å². The highest BCUT2D eigenvalue weighted by molar-refractivity contribution is 7.99. The molecule has 0 unspecified atom stereocenters. The van der Waals surface area contributed by atoms with Crippen molar-refractivity contribution < 1.29 is 13.2 Å². The Morgan fingerprint density at radius 2 is 1.85 bits per heavy atom. The van der Waals surface area contributed by atoms with Gasteiger partial charge in [-0.2, -0.15) is 4.31 Å². The van der Waals surface area contributed by atoms with Crippen molar-refractivity contribution in [3.63, 3.8) is 0 Å². The zero-order valence-electron chi connectivity index (χ0n) is 17.9. The quantitative estimate of drug-likeness (QED) is 0.489. The lowest BCUT2D eigenvalue weighted by Gasteiger charge is -2.15. The Balaban J connectivity index is 1.22. The third-order valence-corrected chi connectivity index (χ3v) is 8.53. The third-order valence-electron chi connectivity index (χ3n) is 5.67. The van der Waals surface area contributed by atoms with Crippen LogP contribution >= 0.6 is 11.8 Å². The van der Waals surface area contributed by atoms with Gasteiger partial charge in [0.25, 0.3) is 0 Å². The van der Waals surface area contributed by atoms with Crippen LogP contribution in [0.25, 0.3) is 11.4 Å². The van der Waals surface area contributed by atoms with Gasteiger partial charge in [-0.25, -0.2) is 8.42 Å². The molecule has 2 aromatic heterocycles. The molecule has 0 radical (unpaired) electrons. The number of anilines is 1. The van der Waals surface area contributed by atoms with Gasteiger partial charge in [-0.15, -0.1) is 10.2 Å². The maximum Gasteiger partial charge on any atom is 0.243 e. The average Bonchev–Trinajstić information content (AvgIpc) is 3.33. The van der Waals surface area contributed by atoms with Crippen LogP contribution in [0.1, 0.15) is 31.7 Å². The molecule has 3 aromatic rings. The summed E-state index contributed by atoms with van der Waals surface area (Å²) in [5.41, 5.74) is 1.46. The first-order valence-electron chi connectivity index (χ1n) is 10.9. The van der Waals surface area contributed by atoms with Gasteiger partial charge in [0.05, 0.1) is 10.6 Å². The van der Waals surface area contributed by atoms with Crippen LogP contribution in [0, 0.1) is 0 Å². The smallest absolute Gasteiger partial charge is 0.243 e. The first-order valence-corrected chi connectivity index (χ1v) is 13.3. The standard InChI is InChI=1S/C22H24N6O3S2/c29-20(24-17-5-9-19(10-6-17)33(30,31)27-12-1-2-13-27)15-32-22-26-25-21(28(22)18-7-8-18)16-4-3-11-23-14-16/h3-6,9-11,14,18H,1-2,7-8,12-13,15H2,(H,24,29). The van der Waals surface area contributed by atoms with Crippen LogP contribution in [0.15, 0.2) is 58.8 Å². The Morgan fingerprint density at radius 1 is 1.09 bits per heavy atom. The van der Waals surface area contributed by atoms with Crippen molar-refractivity contribution in [1.29, 1.82) is 0 Å². The summed E-state index contributed by atoms with van der Waals surface area (Å²) < 4.78 is 28.9. The number of thioether (sulfide) groups is 1. The topological polar surface area (TPSA) is 110 Å². The minimum atomic E-state index is -3.46. The summed E-state index contributed by atoms with van der Waals surface area (Å²) in [4.78, 5) is 16.9. The lowest BCUT2D eigenvalue weighted by Crippen LogP contribution is -2.27. The van der Waals surface area contributed by atoms with Crippen LogP contribution in [0.5, 0.6) is 0 Å². The predicted octanol–water partition coefficient (Wildman–Crippen LogP) is 3.19. The fraction of sp³-hybridized carbons (Fsp3) is 0.364. The number of pyridine rings is 1. The number of aromatic nitrogens is 4. The lowest BCUT2D eigenvalue weighted by molar-refractivity contribution is -0.113. The summed E-state index contributed by atoms with van der Waals surface area (Å²) in [6.07, 6.45) is 7.40. The van der Waals surface area contributed by atoms with Gasteiger partial charge in [-0.1, -0.05) is 11.8 Å². The highest BCUT2D eigenvalue weighted by Gasteiger charge is 2.30. The van der Waals surface area contributed by atoms with Gasteiger partial charge in [-0.3, -0.25) is 14.3 Å². The summed E-state index contributed by atoms with van der Waals surface area (Å²) in [5, 5.41) is 12.2. The van der Waals surface area contributed by atoms with E-state index in [2.05, 4.69) is 25.1 Å². The summed E-state index contributed by atoms with van der Waals surface area (Å²) in [5.74, 6) is 0.748. The molecule has 9 nitrogen and oxygen atoms in total. The molecule has 11 heteroatoms. The minimum Gasteiger partial charge on any atom is -0.325 e. The maximum atomic E-state index is 12.6. The van der Waals surface area contributed by atoms with E-state index < -0.39 is 10.0 Å². The summed E-state index contributed by atoms with van der Waals surface area (Å²) >= 11 is 1.34. The molecule has 1 saturated heterocycles. The zero-order valence-corrected chi connectivity index (χ0v) is 19.6. The molecule has 1 aliphatic carbocycles. The summed E-state index contributed by atoms with van der Waals surface area (Å²) in [6.45, 7) is 1.12. The Labute approximate surface area is 196 Å². The highest BCUT2D eigenvalue weighted by Crippen LogP contribution is 2.40. The fourth-order valence-electron chi connectivity index (χ4n) is 3.84. The molecule has 0 bridgehead atoms. The number of carbonyl (C=O) groups is 1. The number of hydrogen-bond donors (Lipinski definition) is 1. The monoisotopic (exact) mass is 484 g/mol. The van der Waals surface area contributed by atoms with Crippen molar-refractivity contribution in [2.75, 3.05) is 24.2 Å². The number of nitrogens with zero attached hydrogens (tertiary/aromatic N) is 5. The third kappa shape index (κ3) is 4.80. The van der Waals surface area contributed by atoms with E-state index in [0.717, 1.165) is 37.1 Å². The average molecular weight is 485 g/mol. The van der Waals surface area contributed by atoms with E-state index in [-0.39, 0.29) is 16.6 Å². The molecule has 33 heavy (non-hydrogen) atoms. The number of carbonyl (C=O) groups excluding carboxylic acids is 1.